The molecule has 104 valence electrons. The summed E-state index contributed by atoms with van der Waals surface area (Å²) < 4.78 is 5.28. The molecule has 1 unspecified atom stereocenters. The Hall–Kier alpha value is -2.04. The Morgan fingerprint density at radius 3 is 2.58 bits per heavy atom. The van der Waals surface area contributed by atoms with E-state index in [9.17, 15) is 9.59 Å². The topological polar surface area (TPSA) is 66.8 Å². The third-order valence-electron chi connectivity index (χ3n) is 3.17. The lowest BCUT2D eigenvalue weighted by Crippen LogP contribution is -2.41. The second-order valence-electron chi connectivity index (χ2n) is 4.46. The van der Waals surface area contributed by atoms with Crippen LogP contribution in [0.15, 0.2) is 18.2 Å². The smallest absolute Gasteiger partial charge is 0.326 e. The molecule has 0 bridgehead atoms. The standard InChI is InChI=1S/C14H19NO4/c1-9-6-5-7-11(13(9)19-4)8-12(16)15(3)10(2)14(17)18/h5-7,10H,8H2,1-4H3,(H,17,18). The second-order valence-corrected chi connectivity index (χ2v) is 4.46. The van der Waals surface area contributed by atoms with E-state index in [4.69, 9.17) is 9.84 Å². The number of carboxylic acid groups (broad SMARTS) is 1. The lowest BCUT2D eigenvalue weighted by Gasteiger charge is -2.22. The molecule has 1 aromatic carbocycles. The molecule has 0 aliphatic carbocycles. The molecular formula is C14H19NO4. The summed E-state index contributed by atoms with van der Waals surface area (Å²) in [5, 5.41) is 8.89. The number of nitrogens with zero attached hydrogens (tertiary/aromatic N) is 1. The normalized spacial score (nSPS) is 11.8. The van der Waals surface area contributed by atoms with Crippen molar-refractivity contribution in [3.05, 3.63) is 29.3 Å². The van der Waals surface area contributed by atoms with Crippen molar-refractivity contribution in [2.45, 2.75) is 26.3 Å². The maximum absolute atomic E-state index is 12.0. The lowest BCUT2D eigenvalue weighted by atomic mass is 10.1. The van der Waals surface area contributed by atoms with Crippen molar-refractivity contribution in [1.82, 2.24) is 4.90 Å². The fourth-order valence-electron chi connectivity index (χ4n) is 1.81. The molecular weight excluding hydrogens is 246 g/mol. The number of para-hydroxylation sites is 1. The Kier molecular flexibility index (Phi) is 4.92. The lowest BCUT2D eigenvalue weighted by molar-refractivity contribution is -0.148. The monoisotopic (exact) mass is 265 g/mol. The van der Waals surface area contributed by atoms with Gasteiger partial charge in [-0.3, -0.25) is 4.79 Å². The first-order chi connectivity index (χ1) is 8.88. The average molecular weight is 265 g/mol. The van der Waals surface area contributed by atoms with Gasteiger partial charge in [0, 0.05) is 12.6 Å². The minimum Gasteiger partial charge on any atom is -0.496 e. The molecule has 0 radical (unpaired) electrons. The van der Waals surface area contributed by atoms with Gasteiger partial charge in [-0.2, -0.15) is 0 Å². The van der Waals surface area contributed by atoms with Crippen molar-refractivity contribution in [1.29, 1.82) is 0 Å². The Balaban J connectivity index is 2.88. The minimum absolute atomic E-state index is 0.124. The van der Waals surface area contributed by atoms with Crippen LogP contribution in [0.1, 0.15) is 18.1 Å². The summed E-state index contributed by atoms with van der Waals surface area (Å²) in [6.45, 7) is 3.38. The van der Waals surface area contributed by atoms with Gasteiger partial charge in [0.25, 0.3) is 0 Å². The molecule has 0 aliphatic rings. The van der Waals surface area contributed by atoms with Crippen LogP contribution in [0.25, 0.3) is 0 Å². The number of rotatable bonds is 5. The summed E-state index contributed by atoms with van der Waals surface area (Å²) in [7, 11) is 3.04. The third-order valence-corrected chi connectivity index (χ3v) is 3.17. The Morgan fingerprint density at radius 2 is 2.05 bits per heavy atom. The van der Waals surface area contributed by atoms with Gasteiger partial charge in [-0.1, -0.05) is 18.2 Å². The van der Waals surface area contributed by atoms with Crippen LogP contribution in [0.4, 0.5) is 0 Å². The van der Waals surface area contributed by atoms with E-state index in [-0.39, 0.29) is 12.3 Å². The first-order valence-corrected chi connectivity index (χ1v) is 5.99. The van der Waals surface area contributed by atoms with Crippen molar-refractivity contribution in [2.75, 3.05) is 14.2 Å². The number of ether oxygens (including phenoxy) is 1. The second kappa shape index (κ2) is 6.22. The Bertz CT molecular complexity index is 484. The zero-order chi connectivity index (χ0) is 14.6. The first-order valence-electron chi connectivity index (χ1n) is 5.99. The van der Waals surface area contributed by atoms with E-state index in [1.54, 1.807) is 7.11 Å². The highest BCUT2D eigenvalue weighted by Gasteiger charge is 2.22. The molecule has 1 aromatic rings. The molecule has 0 fully saturated rings. The van der Waals surface area contributed by atoms with Gasteiger partial charge in [-0.25, -0.2) is 4.79 Å². The van der Waals surface area contributed by atoms with Crippen molar-refractivity contribution < 1.29 is 19.4 Å². The molecule has 0 heterocycles. The molecule has 0 aromatic heterocycles. The van der Waals surface area contributed by atoms with E-state index in [0.717, 1.165) is 11.1 Å². The summed E-state index contributed by atoms with van der Waals surface area (Å²) in [4.78, 5) is 24.1. The third kappa shape index (κ3) is 3.47. The van der Waals surface area contributed by atoms with Gasteiger partial charge < -0.3 is 14.7 Å². The van der Waals surface area contributed by atoms with Crippen LogP contribution >= 0.6 is 0 Å². The quantitative estimate of drug-likeness (QED) is 0.875. The van der Waals surface area contributed by atoms with Crippen LogP contribution in [0.3, 0.4) is 0 Å². The molecule has 0 saturated carbocycles. The molecule has 0 aliphatic heterocycles. The highest BCUT2D eigenvalue weighted by molar-refractivity contribution is 5.85. The number of hydrogen-bond donors (Lipinski definition) is 1. The van der Waals surface area contributed by atoms with E-state index in [1.165, 1.54) is 18.9 Å². The van der Waals surface area contributed by atoms with E-state index < -0.39 is 12.0 Å². The van der Waals surface area contributed by atoms with Gasteiger partial charge in [-0.05, 0) is 19.4 Å². The molecule has 1 rings (SSSR count). The highest BCUT2D eigenvalue weighted by atomic mass is 16.5. The van der Waals surface area contributed by atoms with E-state index in [2.05, 4.69) is 0 Å². The summed E-state index contributed by atoms with van der Waals surface area (Å²) in [5.41, 5.74) is 1.71. The predicted molar refractivity (Wildman–Crippen MR) is 71.3 cm³/mol. The van der Waals surface area contributed by atoms with Crippen molar-refractivity contribution in [2.24, 2.45) is 0 Å². The maximum Gasteiger partial charge on any atom is 0.326 e. The molecule has 0 saturated heterocycles. The zero-order valence-corrected chi connectivity index (χ0v) is 11.6. The largest absolute Gasteiger partial charge is 0.496 e. The number of carbonyl (C=O) groups is 2. The molecule has 1 amide bonds. The van der Waals surface area contributed by atoms with Gasteiger partial charge in [-0.15, -0.1) is 0 Å². The minimum atomic E-state index is -1.02. The SMILES string of the molecule is COc1c(C)cccc1CC(=O)N(C)C(C)C(=O)O. The fraction of sp³-hybridized carbons (Fsp3) is 0.429. The predicted octanol–water partition coefficient (Wildman–Crippen LogP) is 1.48. The maximum atomic E-state index is 12.0. The van der Waals surface area contributed by atoms with Gasteiger partial charge >= 0.3 is 5.97 Å². The van der Waals surface area contributed by atoms with Crippen LogP contribution in [0.2, 0.25) is 0 Å². The number of amides is 1. The van der Waals surface area contributed by atoms with Gasteiger partial charge in [0.05, 0.1) is 13.5 Å². The summed E-state index contributed by atoms with van der Waals surface area (Å²) in [6.07, 6.45) is 0.124. The number of carboxylic acids is 1. The Morgan fingerprint density at radius 1 is 1.42 bits per heavy atom. The summed E-state index contributed by atoms with van der Waals surface area (Å²) in [5.74, 6) is -0.599. The van der Waals surface area contributed by atoms with Gasteiger partial charge in [0.15, 0.2) is 0 Å². The molecule has 0 spiro atoms. The zero-order valence-electron chi connectivity index (χ0n) is 11.6. The van der Waals surface area contributed by atoms with Crippen LogP contribution in [0.5, 0.6) is 5.75 Å². The Labute approximate surface area is 112 Å². The number of benzene rings is 1. The summed E-state index contributed by atoms with van der Waals surface area (Å²) >= 11 is 0. The van der Waals surface area contributed by atoms with Crippen LogP contribution in [-0.4, -0.2) is 42.1 Å². The van der Waals surface area contributed by atoms with Crippen LogP contribution in [0, 0.1) is 6.92 Å². The number of methoxy groups -OCH3 is 1. The van der Waals surface area contributed by atoms with E-state index in [0.29, 0.717) is 5.75 Å². The molecule has 19 heavy (non-hydrogen) atoms. The van der Waals surface area contributed by atoms with Gasteiger partial charge in [0.2, 0.25) is 5.91 Å². The van der Waals surface area contributed by atoms with Crippen molar-refractivity contribution >= 4 is 11.9 Å². The van der Waals surface area contributed by atoms with E-state index in [1.807, 2.05) is 25.1 Å². The van der Waals surface area contributed by atoms with Crippen molar-refractivity contribution in [3.8, 4) is 5.75 Å². The number of aryl methyl sites for hydroxylation is 1. The molecule has 5 nitrogen and oxygen atoms in total. The number of aliphatic carboxylic acids is 1. The van der Waals surface area contributed by atoms with Crippen LogP contribution in [-0.2, 0) is 16.0 Å². The highest BCUT2D eigenvalue weighted by Crippen LogP contribution is 2.23. The molecule has 1 atom stereocenters. The van der Waals surface area contributed by atoms with Gasteiger partial charge in [0.1, 0.15) is 11.8 Å². The molecule has 5 heteroatoms. The van der Waals surface area contributed by atoms with Crippen LogP contribution < -0.4 is 4.74 Å². The fourth-order valence-corrected chi connectivity index (χ4v) is 1.81. The first kappa shape index (κ1) is 15.0. The average Bonchev–Trinajstić information content (AvgIpc) is 2.37. The number of hydrogen-bond acceptors (Lipinski definition) is 3. The van der Waals surface area contributed by atoms with E-state index >= 15 is 0 Å². The number of carbonyl (C=O) groups excluding carboxylic acids is 1. The number of likely N-dealkylation sites (N-methyl/N-ethyl adjacent to an activating group) is 1. The summed E-state index contributed by atoms with van der Waals surface area (Å²) in [6, 6.07) is 4.71. The molecule has 1 N–H and O–H groups in total. The van der Waals surface area contributed by atoms with Crippen molar-refractivity contribution in [3.63, 3.8) is 0 Å².